The fraction of sp³-hybridized carbons (Fsp3) is 0.381. The quantitative estimate of drug-likeness (QED) is 0.832. The van der Waals surface area contributed by atoms with Crippen LogP contribution in [0.15, 0.2) is 48.7 Å². The highest BCUT2D eigenvalue weighted by atomic mass is 16.2. The van der Waals surface area contributed by atoms with Crippen molar-refractivity contribution in [3.8, 4) is 0 Å². The zero-order valence-electron chi connectivity index (χ0n) is 15.2. The maximum Gasteiger partial charge on any atom is 0.272 e. The number of nitrogens with zero attached hydrogens (tertiary/aromatic N) is 3. The number of carbonyl (C=O) groups is 2. The van der Waals surface area contributed by atoms with E-state index in [1.165, 1.54) is 5.56 Å². The Kier molecular flexibility index (Phi) is 6.00. The Morgan fingerprint density at radius 3 is 2.15 bits per heavy atom. The van der Waals surface area contributed by atoms with E-state index in [1.54, 1.807) is 16.0 Å². The molecule has 1 aliphatic rings. The zero-order valence-corrected chi connectivity index (χ0v) is 15.2. The SMILES string of the molecule is CCCCc1ccc(C(=O)N2CCN(C(=O)c3ccccc3)CC2)nc1. The van der Waals surface area contributed by atoms with Crippen LogP contribution in [0.1, 0.15) is 46.2 Å². The average Bonchev–Trinajstić information content (AvgIpc) is 2.72. The lowest BCUT2D eigenvalue weighted by molar-refractivity contribution is 0.0532. The van der Waals surface area contributed by atoms with Crippen molar-refractivity contribution in [3.63, 3.8) is 0 Å². The van der Waals surface area contributed by atoms with E-state index >= 15 is 0 Å². The number of aryl methyl sites for hydroxylation is 1. The highest BCUT2D eigenvalue weighted by molar-refractivity contribution is 5.95. The molecular weight excluding hydrogens is 326 g/mol. The Balaban J connectivity index is 1.56. The van der Waals surface area contributed by atoms with Gasteiger partial charge in [0.15, 0.2) is 0 Å². The van der Waals surface area contributed by atoms with Gasteiger partial charge in [-0.05, 0) is 36.6 Å². The van der Waals surface area contributed by atoms with E-state index in [4.69, 9.17) is 0 Å². The first-order valence-corrected chi connectivity index (χ1v) is 9.27. The topological polar surface area (TPSA) is 53.5 Å². The molecule has 2 aromatic rings. The van der Waals surface area contributed by atoms with E-state index in [0.29, 0.717) is 37.4 Å². The lowest BCUT2D eigenvalue weighted by Gasteiger charge is -2.34. The molecule has 0 atom stereocenters. The second kappa shape index (κ2) is 8.61. The summed E-state index contributed by atoms with van der Waals surface area (Å²) in [6.07, 6.45) is 5.08. The van der Waals surface area contributed by atoms with Crippen LogP contribution in [0, 0.1) is 0 Å². The van der Waals surface area contributed by atoms with Gasteiger partial charge in [0.2, 0.25) is 0 Å². The number of amides is 2. The lowest BCUT2D eigenvalue weighted by Crippen LogP contribution is -2.50. The van der Waals surface area contributed by atoms with E-state index in [1.807, 2.05) is 42.5 Å². The summed E-state index contributed by atoms with van der Waals surface area (Å²) in [7, 11) is 0. The predicted molar refractivity (Wildman–Crippen MR) is 101 cm³/mol. The number of piperazine rings is 1. The van der Waals surface area contributed by atoms with Crippen molar-refractivity contribution in [1.29, 1.82) is 0 Å². The molecule has 5 heteroatoms. The van der Waals surface area contributed by atoms with Gasteiger partial charge in [0.25, 0.3) is 11.8 Å². The van der Waals surface area contributed by atoms with Crippen LogP contribution < -0.4 is 0 Å². The molecule has 1 saturated heterocycles. The molecule has 3 rings (SSSR count). The molecule has 0 bridgehead atoms. The molecule has 0 spiro atoms. The van der Waals surface area contributed by atoms with Gasteiger partial charge in [-0.25, -0.2) is 0 Å². The molecule has 1 aromatic carbocycles. The molecule has 136 valence electrons. The number of hydrogen-bond donors (Lipinski definition) is 0. The maximum atomic E-state index is 12.6. The second-order valence-electron chi connectivity index (χ2n) is 6.61. The molecule has 2 heterocycles. The van der Waals surface area contributed by atoms with E-state index in [9.17, 15) is 9.59 Å². The zero-order chi connectivity index (χ0) is 18.4. The normalized spacial score (nSPS) is 14.3. The second-order valence-corrected chi connectivity index (χ2v) is 6.61. The van der Waals surface area contributed by atoms with E-state index < -0.39 is 0 Å². The van der Waals surface area contributed by atoms with Crippen molar-refractivity contribution in [2.75, 3.05) is 26.2 Å². The molecule has 1 aromatic heterocycles. The summed E-state index contributed by atoms with van der Waals surface area (Å²) in [4.78, 5) is 33.0. The summed E-state index contributed by atoms with van der Waals surface area (Å²) in [6, 6.07) is 13.1. The van der Waals surface area contributed by atoms with Crippen LogP contribution in [0.3, 0.4) is 0 Å². The highest BCUT2D eigenvalue weighted by Gasteiger charge is 2.25. The highest BCUT2D eigenvalue weighted by Crippen LogP contribution is 2.12. The van der Waals surface area contributed by atoms with Gasteiger partial charge in [-0.15, -0.1) is 0 Å². The first-order chi connectivity index (χ1) is 12.7. The van der Waals surface area contributed by atoms with Gasteiger partial charge in [-0.3, -0.25) is 14.6 Å². The van der Waals surface area contributed by atoms with Crippen molar-refractivity contribution >= 4 is 11.8 Å². The van der Waals surface area contributed by atoms with Crippen LogP contribution in [0.4, 0.5) is 0 Å². The van der Waals surface area contributed by atoms with Gasteiger partial charge in [0, 0.05) is 37.9 Å². The fourth-order valence-electron chi connectivity index (χ4n) is 3.12. The summed E-state index contributed by atoms with van der Waals surface area (Å²) in [6.45, 7) is 4.34. The molecular formula is C21H25N3O2. The molecule has 0 saturated carbocycles. The van der Waals surface area contributed by atoms with Gasteiger partial charge in [-0.1, -0.05) is 37.6 Å². The van der Waals surface area contributed by atoms with Crippen LogP contribution in [0.2, 0.25) is 0 Å². The minimum absolute atomic E-state index is 0.0242. The minimum atomic E-state index is -0.0566. The molecule has 0 aliphatic carbocycles. The van der Waals surface area contributed by atoms with E-state index in [0.717, 1.165) is 19.3 Å². The van der Waals surface area contributed by atoms with Crippen molar-refractivity contribution in [2.24, 2.45) is 0 Å². The van der Waals surface area contributed by atoms with Gasteiger partial charge in [0.05, 0.1) is 0 Å². The third-order valence-electron chi connectivity index (χ3n) is 4.74. The minimum Gasteiger partial charge on any atom is -0.335 e. The molecule has 2 amide bonds. The molecule has 1 fully saturated rings. The van der Waals surface area contributed by atoms with Gasteiger partial charge >= 0.3 is 0 Å². The van der Waals surface area contributed by atoms with Crippen molar-refractivity contribution < 1.29 is 9.59 Å². The number of benzene rings is 1. The Bertz CT molecular complexity index is 736. The summed E-state index contributed by atoms with van der Waals surface area (Å²) in [5.74, 6) is -0.0325. The summed E-state index contributed by atoms with van der Waals surface area (Å²) in [5, 5.41) is 0. The Labute approximate surface area is 154 Å². The van der Waals surface area contributed by atoms with Gasteiger partial charge in [-0.2, -0.15) is 0 Å². The lowest BCUT2D eigenvalue weighted by atomic mass is 10.1. The number of unbranched alkanes of at least 4 members (excludes halogenated alkanes) is 1. The number of rotatable bonds is 5. The summed E-state index contributed by atoms with van der Waals surface area (Å²) < 4.78 is 0. The van der Waals surface area contributed by atoms with Gasteiger partial charge < -0.3 is 9.80 Å². The summed E-state index contributed by atoms with van der Waals surface area (Å²) >= 11 is 0. The first-order valence-electron chi connectivity index (χ1n) is 9.27. The van der Waals surface area contributed by atoms with Crippen LogP contribution in [0.25, 0.3) is 0 Å². The number of aromatic nitrogens is 1. The van der Waals surface area contributed by atoms with Crippen molar-refractivity contribution in [3.05, 3.63) is 65.5 Å². The third-order valence-corrected chi connectivity index (χ3v) is 4.74. The Morgan fingerprint density at radius 2 is 1.58 bits per heavy atom. The predicted octanol–water partition coefficient (Wildman–Crippen LogP) is 3.02. The number of pyridine rings is 1. The Hall–Kier alpha value is -2.69. The standard InChI is InChI=1S/C21H25N3O2/c1-2-3-7-17-10-11-19(22-16-17)21(26)24-14-12-23(13-15-24)20(25)18-8-5-4-6-9-18/h4-6,8-11,16H,2-3,7,12-15H2,1H3. The molecule has 26 heavy (non-hydrogen) atoms. The van der Waals surface area contributed by atoms with Crippen molar-refractivity contribution in [2.45, 2.75) is 26.2 Å². The smallest absolute Gasteiger partial charge is 0.272 e. The monoisotopic (exact) mass is 351 g/mol. The number of hydrogen-bond acceptors (Lipinski definition) is 3. The van der Waals surface area contributed by atoms with Gasteiger partial charge in [0.1, 0.15) is 5.69 Å². The summed E-state index contributed by atoms with van der Waals surface area (Å²) in [5.41, 5.74) is 2.34. The van der Waals surface area contributed by atoms with Crippen molar-refractivity contribution in [1.82, 2.24) is 14.8 Å². The average molecular weight is 351 g/mol. The number of carbonyl (C=O) groups excluding carboxylic acids is 2. The van der Waals surface area contributed by atoms with Crippen LogP contribution in [-0.2, 0) is 6.42 Å². The van der Waals surface area contributed by atoms with Crippen LogP contribution >= 0.6 is 0 Å². The largest absolute Gasteiger partial charge is 0.335 e. The molecule has 0 N–H and O–H groups in total. The molecule has 5 nitrogen and oxygen atoms in total. The molecule has 0 radical (unpaired) electrons. The molecule has 0 unspecified atom stereocenters. The maximum absolute atomic E-state index is 12.6. The van der Waals surface area contributed by atoms with Crippen LogP contribution in [0.5, 0.6) is 0 Å². The third kappa shape index (κ3) is 4.28. The van der Waals surface area contributed by atoms with E-state index in [2.05, 4.69) is 11.9 Å². The van der Waals surface area contributed by atoms with Crippen LogP contribution in [-0.4, -0.2) is 52.8 Å². The van der Waals surface area contributed by atoms with E-state index in [-0.39, 0.29) is 11.8 Å². The first kappa shape index (κ1) is 18.1. The molecule has 1 aliphatic heterocycles. The Morgan fingerprint density at radius 1 is 0.923 bits per heavy atom. The fourth-order valence-corrected chi connectivity index (χ4v) is 3.12.